The zero-order valence-electron chi connectivity index (χ0n) is 11.6. The smallest absolute Gasteiger partial charge is 0.247 e. The van der Waals surface area contributed by atoms with E-state index in [-0.39, 0.29) is 5.91 Å². The highest BCUT2D eigenvalue weighted by Crippen LogP contribution is 2.13. The molecule has 0 aromatic heterocycles. The Balaban J connectivity index is 1.76. The van der Waals surface area contributed by atoms with Crippen LogP contribution in [-0.2, 0) is 4.79 Å². The van der Waals surface area contributed by atoms with E-state index in [0.717, 1.165) is 44.6 Å². The van der Waals surface area contributed by atoms with Crippen LogP contribution in [0.3, 0.4) is 0 Å². The third-order valence-corrected chi connectivity index (χ3v) is 4.01. The number of likely N-dealkylation sites (tertiary alicyclic amines) is 1. The number of carbonyl (C=O) groups is 1. The molecule has 0 bridgehead atoms. The largest absolute Gasteiger partial charge is 0.349 e. The van der Waals surface area contributed by atoms with E-state index in [0.29, 0.717) is 6.04 Å². The van der Waals surface area contributed by atoms with Gasteiger partial charge in [-0.05, 0) is 38.3 Å². The summed E-state index contributed by atoms with van der Waals surface area (Å²) in [6, 6.07) is 0.370. The Bertz CT molecular complexity index is 324. The summed E-state index contributed by atoms with van der Waals surface area (Å²) in [5.41, 5.74) is 2.18. The molecule has 0 spiro atoms. The second-order valence-electron chi connectivity index (χ2n) is 5.42. The van der Waals surface area contributed by atoms with Crippen LogP contribution in [0.1, 0.15) is 33.1 Å². The lowest BCUT2D eigenvalue weighted by molar-refractivity contribution is -0.118. The summed E-state index contributed by atoms with van der Waals surface area (Å²) in [7, 11) is 0. The first-order valence-corrected chi connectivity index (χ1v) is 7.13. The van der Waals surface area contributed by atoms with Gasteiger partial charge in [0.15, 0.2) is 0 Å². The van der Waals surface area contributed by atoms with Gasteiger partial charge in [-0.25, -0.2) is 0 Å². The first-order chi connectivity index (χ1) is 8.70. The number of piperidine rings is 1. The first-order valence-electron chi connectivity index (χ1n) is 7.13. The average Bonchev–Trinajstić information content (AvgIpc) is 2.29. The monoisotopic (exact) mass is 251 g/mol. The number of carbonyl (C=O) groups excluding carboxylic acids is 1. The zero-order valence-corrected chi connectivity index (χ0v) is 11.6. The van der Waals surface area contributed by atoms with E-state index < -0.39 is 0 Å². The SMILES string of the molecule is CCCN1CCC(NC(=O)C(C)=C2CNC2)CC1. The van der Waals surface area contributed by atoms with Crippen LogP contribution in [-0.4, -0.2) is 49.6 Å². The number of hydrogen-bond donors (Lipinski definition) is 2. The van der Waals surface area contributed by atoms with Crippen LogP contribution in [0.5, 0.6) is 0 Å². The molecule has 2 N–H and O–H groups in total. The van der Waals surface area contributed by atoms with E-state index in [9.17, 15) is 4.79 Å². The maximum atomic E-state index is 12.0. The number of nitrogens with zero attached hydrogens (tertiary/aromatic N) is 1. The third-order valence-electron chi connectivity index (χ3n) is 4.01. The van der Waals surface area contributed by atoms with E-state index in [1.807, 2.05) is 6.92 Å². The number of hydrogen-bond acceptors (Lipinski definition) is 3. The Labute approximate surface area is 110 Å². The summed E-state index contributed by atoms with van der Waals surface area (Å²) in [5, 5.41) is 6.36. The molecule has 1 amide bonds. The van der Waals surface area contributed by atoms with Crippen molar-refractivity contribution in [3.63, 3.8) is 0 Å². The van der Waals surface area contributed by atoms with Crippen LogP contribution in [0.4, 0.5) is 0 Å². The molecule has 2 aliphatic rings. The lowest BCUT2D eigenvalue weighted by atomic mass is 10.0. The Morgan fingerprint density at radius 1 is 1.39 bits per heavy atom. The maximum absolute atomic E-state index is 12.0. The van der Waals surface area contributed by atoms with Crippen LogP contribution < -0.4 is 10.6 Å². The third kappa shape index (κ3) is 3.33. The quantitative estimate of drug-likeness (QED) is 0.730. The van der Waals surface area contributed by atoms with Crippen LogP contribution in [0, 0.1) is 0 Å². The molecule has 0 unspecified atom stereocenters. The van der Waals surface area contributed by atoms with Gasteiger partial charge in [0.25, 0.3) is 0 Å². The van der Waals surface area contributed by atoms with Gasteiger partial charge in [-0.2, -0.15) is 0 Å². The van der Waals surface area contributed by atoms with Crippen molar-refractivity contribution < 1.29 is 4.79 Å². The van der Waals surface area contributed by atoms with Crippen LogP contribution in [0.15, 0.2) is 11.1 Å². The lowest BCUT2D eigenvalue weighted by Gasteiger charge is -2.32. The minimum atomic E-state index is 0.139. The molecule has 2 heterocycles. The van der Waals surface area contributed by atoms with E-state index in [2.05, 4.69) is 22.5 Å². The zero-order chi connectivity index (χ0) is 13.0. The summed E-state index contributed by atoms with van der Waals surface area (Å²) in [6.45, 7) is 9.36. The fourth-order valence-corrected chi connectivity index (χ4v) is 2.59. The Hall–Kier alpha value is -0.870. The van der Waals surface area contributed by atoms with Crippen molar-refractivity contribution in [2.45, 2.75) is 39.2 Å². The van der Waals surface area contributed by atoms with E-state index in [1.54, 1.807) is 0 Å². The Kier molecular flexibility index (Phi) is 4.78. The van der Waals surface area contributed by atoms with Gasteiger partial charge < -0.3 is 15.5 Å². The van der Waals surface area contributed by atoms with Gasteiger partial charge in [0, 0.05) is 37.8 Å². The summed E-state index contributed by atoms with van der Waals surface area (Å²) < 4.78 is 0. The molecule has 102 valence electrons. The predicted octanol–water partition coefficient (Wildman–Crippen LogP) is 0.897. The van der Waals surface area contributed by atoms with Gasteiger partial charge in [0.1, 0.15) is 0 Å². The molecule has 0 aromatic rings. The van der Waals surface area contributed by atoms with Gasteiger partial charge in [0.2, 0.25) is 5.91 Å². The van der Waals surface area contributed by atoms with Crippen LogP contribution in [0.25, 0.3) is 0 Å². The molecule has 0 radical (unpaired) electrons. The van der Waals surface area contributed by atoms with E-state index >= 15 is 0 Å². The molecule has 4 nitrogen and oxygen atoms in total. The van der Waals surface area contributed by atoms with Gasteiger partial charge >= 0.3 is 0 Å². The normalized spacial score (nSPS) is 21.6. The van der Waals surface area contributed by atoms with Crippen molar-refractivity contribution in [1.82, 2.24) is 15.5 Å². The van der Waals surface area contributed by atoms with E-state index in [4.69, 9.17) is 0 Å². The fourth-order valence-electron chi connectivity index (χ4n) is 2.59. The van der Waals surface area contributed by atoms with Crippen molar-refractivity contribution in [1.29, 1.82) is 0 Å². The van der Waals surface area contributed by atoms with Gasteiger partial charge in [0.05, 0.1) is 0 Å². The minimum absolute atomic E-state index is 0.139. The fraction of sp³-hybridized carbons (Fsp3) is 0.786. The second kappa shape index (κ2) is 6.34. The van der Waals surface area contributed by atoms with Gasteiger partial charge in [-0.15, -0.1) is 0 Å². The molecule has 0 saturated carbocycles. The molecule has 0 atom stereocenters. The molecular formula is C14H25N3O. The minimum Gasteiger partial charge on any atom is -0.349 e. The molecule has 2 rings (SSSR count). The van der Waals surface area contributed by atoms with Crippen molar-refractivity contribution >= 4 is 5.91 Å². The van der Waals surface area contributed by atoms with Gasteiger partial charge in [-0.1, -0.05) is 6.92 Å². The highest BCUT2D eigenvalue weighted by Gasteiger charge is 2.22. The summed E-state index contributed by atoms with van der Waals surface area (Å²) in [4.78, 5) is 14.5. The highest BCUT2D eigenvalue weighted by atomic mass is 16.1. The molecule has 2 aliphatic heterocycles. The molecular weight excluding hydrogens is 226 g/mol. The maximum Gasteiger partial charge on any atom is 0.247 e. The molecule has 4 heteroatoms. The molecule has 18 heavy (non-hydrogen) atoms. The van der Waals surface area contributed by atoms with Crippen LogP contribution in [0.2, 0.25) is 0 Å². The highest BCUT2D eigenvalue weighted by molar-refractivity contribution is 5.94. The number of rotatable bonds is 4. The number of nitrogens with one attached hydrogen (secondary N) is 2. The Morgan fingerprint density at radius 2 is 2.06 bits per heavy atom. The number of amides is 1. The van der Waals surface area contributed by atoms with Crippen molar-refractivity contribution in [3.05, 3.63) is 11.1 Å². The topological polar surface area (TPSA) is 44.4 Å². The predicted molar refractivity (Wildman–Crippen MR) is 73.5 cm³/mol. The molecule has 0 aliphatic carbocycles. The first kappa shape index (κ1) is 13.6. The molecule has 2 fully saturated rings. The summed E-state index contributed by atoms with van der Waals surface area (Å²) >= 11 is 0. The van der Waals surface area contributed by atoms with E-state index in [1.165, 1.54) is 18.5 Å². The van der Waals surface area contributed by atoms with Crippen molar-refractivity contribution in [2.75, 3.05) is 32.7 Å². The lowest BCUT2D eigenvalue weighted by Crippen LogP contribution is -2.46. The summed E-state index contributed by atoms with van der Waals surface area (Å²) in [6.07, 6.45) is 3.40. The Morgan fingerprint density at radius 3 is 2.56 bits per heavy atom. The standard InChI is InChI=1S/C14H25N3O/c1-3-6-17-7-4-13(5-8-17)16-14(18)11(2)12-9-15-10-12/h13,15H,3-10H2,1-2H3,(H,16,18). The summed E-state index contributed by atoms with van der Waals surface area (Å²) in [5.74, 6) is 0.139. The second-order valence-corrected chi connectivity index (χ2v) is 5.42. The van der Waals surface area contributed by atoms with Gasteiger partial charge in [-0.3, -0.25) is 4.79 Å². The van der Waals surface area contributed by atoms with Crippen molar-refractivity contribution in [3.8, 4) is 0 Å². The molecule has 0 aromatic carbocycles. The van der Waals surface area contributed by atoms with Crippen molar-refractivity contribution in [2.24, 2.45) is 0 Å². The van der Waals surface area contributed by atoms with Crippen LogP contribution >= 0.6 is 0 Å². The average molecular weight is 251 g/mol. The molecule has 2 saturated heterocycles.